The number of aryl methyl sites for hydroxylation is 1. The average Bonchev–Trinajstić information content (AvgIpc) is 3.34. The van der Waals surface area contributed by atoms with Gasteiger partial charge in [0.1, 0.15) is 10.0 Å². The van der Waals surface area contributed by atoms with E-state index in [1.54, 1.807) is 22.7 Å². The number of aromatic nitrogens is 1. The van der Waals surface area contributed by atoms with Crippen molar-refractivity contribution in [2.75, 3.05) is 5.32 Å². The van der Waals surface area contributed by atoms with Crippen LogP contribution in [0.1, 0.15) is 41.8 Å². The molecule has 3 nitrogen and oxygen atoms in total. The van der Waals surface area contributed by atoms with E-state index in [2.05, 4.69) is 61.6 Å². The molecule has 0 spiro atoms. The molecule has 31 heavy (non-hydrogen) atoms. The van der Waals surface area contributed by atoms with Gasteiger partial charge in [0.15, 0.2) is 0 Å². The number of carbonyl (C=O) groups is 1. The highest BCUT2D eigenvalue weighted by atomic mass is 32.1. The summed E-state index contributed by atoms with van der Waals surface area (Å²) in [5.74, 6) is 0.730. The second-order valence-electron chi connectivity index (χ2n) is 8.44. The molecule has 0 saturated heterocycles. The predicted molar refractivity (Wildman–Crippen MR) is 132 cm³/mol. The van der Waals surface area contributed by atoms with Crippen LogP contribution in [0.5, 0.6) is 0 Å². The van der Waals surface area contributed by atoms with Crippen LogP contribution in [0.4, 0.5) is 5.00 Å². The number of amides is 1. The number of fused-ring (bicyclic) bond motifs is 2. The molecule has 0 fully saturated rings. The summed E-state index contributed by atoms with van der Waals surface area (Å²) < 4.78 is 1.19. The van der Waals surface area contributed by atoms with E-state index in [4.69, 9.17) is 4.98 Å². The van der Waals surface area contributed by atoms with E-state index in [0.29, 0.717) is 12.3 Å². The minimum atomic E-state index is 0.0401. The van der Waals surface area contributed by atoms with Crippen molar-refractivity contribution in [3.63, 3.8) is 0 Å². The van der Waals surface area contributed by atoms with Crippen LogP contribution in [0.2, 0.25) is 0 Å². The van der Waals surface area contributed by atoms with Gasteiger partial charge in [-0.1, -0.05) is 50.2 Å². The van der Waals surface area contributed by atoms with Gasteiger partial charge in [-0.3, -0.25) is 4.79 Å². The zero-order valence-corrected chi connectivity index (χ0v) is 19.5. The van der Waals surface area contributed by atoms with E-state index in [0.717, 1.165) is 45.9 Å². The zero-order chi connectivity index (χ0) is 21.4. The molecule has 1 aliphatic rings. The Bertz CT molecular complexity index is 1200. The third-order valence-electron chi connectivity index (χ3n) is 6.07. The monoisotopic (exact) mass is 446 g/mol. The summed E-state index contributed by atoms with van der Waals surface area (Å²) in [6.45, 7) is 4.46. The van der Waals surface area contributed by atoms with Crippen molar-refractivity contribution in [3.05, 3.63) is 70.1 Å². The van der Waals surface area contributed by atoms with Gasteiger partial charge >= 0.3 is 0 Å². The summed E-state index contributed by atoms with van der Waals surface area (Å²) in [6.07, 6.45) is 4.75. The molecule has 1 amide bonds. The van der Waals surface area contributed by atoms with Crippen molar-refractivity contribution in [2.45, 2.75) is 46.0 Å². The largest absolute Gasteiger partial charge is 0.317 e. The first kappa shape index (κ1) is 20.4. The number of nitrogens with one attached hydrogen (secondary N) is 1. The van der Waals surface area contributed by atoms with Gasteiger partial charge < -0.3 is 5.32 Å². The second kappa shape index (κ2) is 8.56. The Kier molecular flexibility index (Phi) is 5.63. The highest BCUT2D eigenvalue weighted by molar-refractivity contribution is 7.22. The van der Waals surface area contributed by atoms with E-state index >= 15 is 0 Å². The Hall–Kier alpha value is -2.50. The van der Waals surface area contributed by atoms with Crippen molar-refractivity contribution in [2.24, 2.45) is 5.92 Å². The molecule has 5 rings (SSSR count). The molecule has 0 bridgehead atoms. The summed E-state index contributed by atoms with van der Waals surface area (Å²) in [5.41, 5.74) is 5.92. The zero-order valence-electron chi connectivity index (χ0n) is 17.9. The summed E-state index contributed by atoms with van der Waals surface area (Å²) in [5, 5.41) is 5.24. The van der Waals surface area contributed by atoms with Crippen molar-refractivity contribution in [1.82, 2.24) is 4.98 Å². The van der Waals surface area contributed by atoms with Crippen LogP contribution in [0.3, 0.4) is 0 Å². The Labute approximate surface area is 191 Å². The average molecular weight is 447 g/mol. The van der Waals surface area contributed by atoms with E-state index in [9.17, 15) is 4.79 Å². The maximum atomic E-state index is 12.9. The van der Waals surface area contributed by atoms with Crippen LogP contribution in [-0.2, 0) is 30.5 Å². The Balaban J connectivity index is 1.48. The van der Waals surface area contributed by atoms with Gasteiger partial charge in [-0.25, -0.2) is 4.98 Å². The van der Waals surface area contributed by atoms with Crippen LogP contribution < -0.4 is 5.32 Å². The maximum absolute atomic E-state index is 12.9. The van der Waals surface area contributed by atoms with Gasteiger partial charge in [-0.2, -0.15) is 0 Å². The van der Waals surface area contributed by atoms with Gasteiger partial charge in [0.05, 0.1) is 16.6 Å². The van der Waals surface area contributed by atoms with Crippen molar-refractivity contribution >= 4 is 43.8 Å². The smallest absolute Gasteiger partial charge is 0.229 e. The molecule has 1 aliphatic carbocycles. The molecule has 1 atom stereocenters. The molecule has 1 N–H and O–H groups in total. The summed E-state index contributed by atoms with van der Waals surface area (Å²) in [6, 6.07) is 16.6. The van der Waals surface area contributed by atoms with Crippen LogP contribution in [0.25, 0.3) is 20.8 Å². The SMILES string of the molecule is CCc1ccc(CC(=O)Nc2sc3c(c2-c2nc4ccccc4s2)CC[C@H](C)C3)cc1. The van der Waals surface area contributed by atoms with Gasteiger partial charge in [-0.05, 0) is 60.4 Å². The number of anilines is 1. The lowest BCUT2D eigenvalue weighted by molar-refractivity contribution is -0.115. The molecule has 4 aromatic rings. The van der Waals surface area contributed by atoms with E-state index in [-0.39, 0.29) is 5.91 Å². The van der Waals surface area contributed by atoms with Crippen LogP contribution in [0, 0.1) is 5.92 Å². The molecular formula is C26H26N2OS2. The lowest BCUT2D eigenvalue weighted by Gasteiger charge is -2.18. The normalized spacial score (nSPS) is 15.7. The van der Waals surface area contributed by atoms with Crippen LogP contribution in [0.15, 0.2) is 48.5 Å². The number of para-hydroxylation sites is 1. The summed E-state index contributed by atoms with van der Waals surface area (Å²) in [4.78, 5) is 19.3. The molecule has 5 heteroatoms. The molecule has 0 saturated carbocycles. The Morgan fingerprint density at radius 3 is 2.65 bits per heavy atom. The number of hydrogen-bond acceptors (Lipinski definition) is 4. The standard InChI is InChI=1S/C26H26N2OS2/c1-3-17-9-11-18(12-10-17)15-23(29)28-26-24(19-13-8-16(2)14-22(19)31-26)25-27-20-6-4-5-7-21(20)30-25/h4-7,9-12,16H,3,8,13-15H2,1-2H3,(H,28,29)/t16-/m0/s1. The highest BCUT2D eigenvalue weighted by Gasteiger charge is 2.27. The Morgan fingerprint density at radius 2 is 1.87 bits per heavy atom. The number of rotatable bonds is 5. The number of benzene rings is 2. The van der Waals surface area contributed by atoms with Gasteiger partial charge in [0, 0.05) is 10.4 Å². The minimum absolute atomic E-state index is 0.0401. The predicted octanol–water partition coefficient (Wildman–Crippen LogP) is 6.89. The number of hydrogen-bond donors (Lipinski definition) is 1. The quantitative estimate of drug-likeness (QED) is 0.362. The number of thiazole rings is 1. The molecule has 0 unspecified atom stereocenters. The third-order valence-corrected chi connectivity index (χ3v) is 8.29. The molecular weight excluding hydrogens is 420 g/mol. The Morgan fingerprint density at radius 1 is 1.10 bits per heavy atom. The lowest BCUT2D eigenvalue weighted by Crippen LogP contribution is -2.14. The first-order valence-corrected chi connectivity index (χ1v) is 12.6. The molecule has 0 aliphatic heterocycles. The van der Waals surface area contributed by atoms with E-state index < -0.39 is 0 Å². The fraction of sp³-hybridized carbons (Fsp3) is 0.308. The first-order chi connectivity index (χ1) is 15.1. The van der Waals surface area contributed by atoms with Crippen molar-refractivity contribution in [1.29, 1.82) is 0 Å². The first-order valence-electron chi connectivity index (χ1n) is 11.0. The summed E-state index contributed by atoms with van der Waals surface area (Å²) >= 11 is 3.47. The molecule has 158 valence electrons. The van der Waals surface area contributed by atoms with E-state index in [1.165, 1.54) is 27.1 Å². The van der Waals surface area contributed by atoms with Gasteiger partial charge in [0.2, 0.25) is 5.91 Å². The molecule has 2 aromatic heterocycles. The van der Waals surface area contributed by atoms with Crippen molar-refractivity contribution < 1.29 is 4.79 Å². The van der Waals surface area contributed by atoms with Crippen LogP contribution in [-0.4, -0.2) is 10.9 Å². The maximum Gasteiger partial charge on any atom is 0.229 e. The fourth-order valence-corrected chi connectivity index (χ4v) is 6.83. The highest BCUT2D eigenvalue weighted by Crippen LogP contribution is 2.47. The fourth-order valence-electron chi connectivity index (χ4n) is 4.29. The second-order valence-corrected chi connectivity index (χ2v) is 10.6. The lowest BCUT2D eigenvalue weighted by atomic mass is 9.88. The van der Waals surface area contributed by atoms with Gasteiger partial charge in [-0.15, -0.1) is 22.7 Å². The number of carbonyl (C=O) groups excluding carboxylic acids is 1. The number of thiophene rings is 1. The topological polar surface area (TPSA) is 42.0 Å². The molecule has 2 aromatic carbocycles. The van der Waals surface area contributed by atoms with Crippen LogP contribution >= 0.6 is 22.7 Å². The number of nitrogens with zero attached hydrogens (tertiary/aromatic N) is 1. The summed E-state index contributed by atoms with van der Waals surface area (Å²) in [7, 11) is 0. The van der Waals surface area contributed by atoms with Crippen molar-refractivity contribution in [3.8, 4) is 10.6 Å². The third kappa shape index (κ3) is 4.17. The molecule has 0 radical (unpaired) electrons. The van der Waals surface area contributed by atoms with E-state index in [1.807, 2.05) is 6.07 Å². The minimum Gasteiger partial charge on any atom is -0.317 e. The van der Waals surface area contributed by atoms with Gasteiger partial charge in [0.25, 0.3) is 0 Å². The molecule has 2 heterocycles.